The van der Waals surface area contributed by atoms with Gasteiger partial charge in [-0.2, -0.15) is 0 Å². The fraction of sp³-hybridized carbons (Fsp3) is 0.400. The molecule has 15 heavy (non-hydrogen) atoms. The fourth-order valence-electron chi connectivity index (χ4n) is 1.36. The van der Waals surface area contributed by atoms with Crippen molar-refractivity contribution in [1.29, 1.82) is 0 Å². The van der Waals surface area contributed by atoms with Gasteiger partial charge >= 0.3 is 0 Å². The highest BCUT2D eigenvalue weighted by Crippen LogP contribution is 2.36. The van der Waals surface area contributed by atoms with Crippen LogP contribution in [0.4, 0.5) is 0 Å². The van der Waals surface area contributed by atoms with Crippen LogP contribution in [-0.4, -0.2) is 25.9 Å². The fourth-order valence-corrected chi connectivity index (χ4v) is 1.78. The van der Waals surface area contributed by atoms with Crippen molar-refractivity contribution in [3.05, 3.63) is 22.2 Å². The third-order valence-electron chi connectivity index (χ3n) is 2.08. The van der Waals surface area contributed by atoms with E-state index in [1.54, 1.807) is 26.4 Å². The molecule has 0 radical (unpaired) electrons. The lowest BCUT2D eigenvalue weighted by Crippen LogP contribution is -2.16. The van der Waals surface area contributed by atoms with Gasteiger partial charge < -0.3 is 20.3 Å². The lowest BCUT2D eigenvalue weighted by Gasteiger charge is -2.17. The van der Waals surface area contributed by atoms with Gasteiger partial charge in [-0.05, 0) is 12.1 Å². The van der Waals surface area contributed by atoms with Crippen molar-refractivity contribution in [2.75, 3.05) is 20.8 Å². The van der Waals surface area contributed by atoms with Gasteiger partial charge in [0.05, 0.1) is 32.4 Å². The normalized spacial score (nSPS) is 12.3. The van der Waals surface area contributed by atoms with Crippen molar-refractivity contribution in [3.8, 4) is 11.5 Å². The molecule has 1 aromatic carbocycles. The molecule has 0 aliphatic rings. The average Bonchev–Trinajstić information content (AvgIpc) is 2.26. The summed E-state index contributed by atoms with van der Waals surface area (Å²) in [5.41, 5.74) is 6.44. The van der Waals surface area contributed by atoms with Crippen LogP contribution in [0.1, 0.15) is 11.6 Å². The van der Waals surface area contributed by atoms with Gasteiger partial charge in [0.2, 0.25) is 0 Å². The summed E-state index contributed by atoms with van der Waals surface area (Å²) in [6, 6.07) is 3.06. The molecule has 1 aromatic rings. The van der Waals surface area contributed by atoms with Crippen LogP contribution >= 0.6 is 15.9 Å². The Hall–Kier alpha value is -0.780. The van der Waals surface area contributed by atoms with Gasteiger partial charge in [0.15, 0.2) is 0 Å². The third-order valence-corrected chi connectivity index (χ3v) is 2.53. The molecule has 1 atom stereocenters. The number of rotatable bonds is 4. The zero-order chi connectivity index (χ0) is 11.4. The number of hydrogen-bond acceptors (Lipinski definition) is 4. The number of methoxy groups -OCH3 is 2. The van der Waals surface area contributed by atoms with E-state index in [1.165, 1.54) is 0 Å². The summed E-state index contributed by atoms with van der Waals surface area (Å²) < 4.78 is 11.2. The van der Waals surface area contributed by atoms with E-state index in [9.17, 15) is 0 Å². The number of aliphatic hydroxyl groups excluding tert-OH is 1. The van der Waals surface area contributed by atoms with E-state index in [4.69, 9.17) is 20.3 Å². The Labute approximate surface area is 97.1 Å². The number of ether oxygens (including phenoxy) is 2. The van der Waals surface area contributed by atoms with Gasteiger partial charge in [-0.25, -0.2) is 0 Å². The number of halogens is 1. The lowest BCUT2D eigenvalue weighted by atomic mass is 10.1. The summed E-state index contributed by atoms with van der Waals surface area (Å²) in [7, 11) is 3.10. The van der Waals surface area contributed by atoms with E-state index in [0.717, 1.165) is 4.47 Å². The topological polar surface area (TPSA) is 64.7 Å². The smallest absolute Gasteiger partial charge is 0.128 e. The van der Waals surface area contributed by atoms with Gasteiger partial charge in [0.1, 0.15) is 11.5 Å². The largest absolute Gasteiger partial charge is 0.496 e. The summed E-state index contributed by atoms with van der Waals surface area (Å²) in [5, 5.41) is 9.05. The summed E-state index contributed by atoms with van der Waals surface area (Å²) in [6.07, 6.45) is 0. The highest BCUT2D eigenvalue weighted by Gasteiger charge is 2.17. The number of nitrogens with two attached hydrogens (primary N) is 1. The van der Waals surface area contributed by atoms with Crippen molar-refractivity contribution < 1.29 is 14.6 Å². The molecule has 0 heterocycles. The molecule has 0 unspecified atom stereocenters. The Bertz CT molecular complexity index is 318. The van der Waals surface area contributed by atoms with Crippen LogP contribution in [0, 0.1) is 0 Å². The van der Waals surface area contributed by atoms with E-state index in [0.29, 0.717) is 17.1 Å². The van der Waals surface area contributed by atoms with Crippen LogP contribution in [0.15, 0.2) is 16.6 Å². The van der Waals surface area contributed by atoms with E-state index < -0.39 is 6.04 Å². The van der Waals surface area contributed by atoms with Crippen LogP contribution in [0.5, 0.6) is 11.5 Å². The second-order valence-corrected chi connectivity index (χ2v) is 3.93. The van der Waals surface area contributed by atoms with Crippen molar-refractivity contribution in [2.24, 2.45) is 5.73 Å². The molecule has 0 spiro atoms. The van der Waals surface area contributed by atoms with Gasteiger partial charge in [-0.3, -0.25) is 0 Å². The Balaban J connectivity index is 3.30. The molecule has 0 fully saturated rings. The molecule has 0 aliphatic heterocycles. The first kappa shape index (κ1) is 12.3. The van der Waals surface area contributed by atoms with Gasteiger partial charge in [-0.1, -0.05) is 15.9 Å². The van der Waals surface area contributed by atoms with Crippen molar-refractivity contribution in [2.45, 2.75) is 6.04 Å². The maximum atomic E-state index is 9.05. The summed E-state index contributed by atoms with van der Waals surface area (Å²) >= 11 is 3.34. The van der Waals surface area contributed by atoms with Crippen LogP contribution in [-0.2, 0) is 0 Å². The highest BCUT2D eigenvalue weighted by atomic mass is 79.9. The van der Waals surface area contributed by atoms with E-state index in [2.05, 4.69) is 15.9 Å². The predicted molar refractivity (Wildman–Crippen MR) is 61.3 cm³/mol. The first-order chi connectivity index (χ1) is 7.13. The molecule has 3 N–H and O–H groups in total. The summed E-state index contributed by atoms with van der Waals surface area (Å²) in [4.78, 5) is 0. The Morgan fingerprint density at radius 1 is 1.33 bits per heavy atom. The number of aliphatic hydroxyl groups is 1. The van der Waals surface area contributed by atoms with Crippen LogP contribution < -0.4 is 15.2 Å². The average molecular weight is 276 g/mol. The second-order valence-electron chi connectivity index (χ2n) is 3.01. The summed E-state index contributed by atoms with van der Waals surface area (Å²) in [5.74, 6) is 1.20. The van der Waals surface area contributed by atoms with Crippen molar-refractivity contribution in [3.63, 3.8) is 0 Å². The highest BCUT2D eigenvalue weighted by molar-refractivity contribution is 9.10. The molecule has 0 aliphatic carbocycles. The molecule has 1 rings (SSSR count). The Morgan fingerprint density at radius 2 is 1.80 bits per heavy atom. The maximum Gasteiger partial charge on any atom is 0.128 e. The molecule has 84 valence electrons. The molecular formula is C10H14BrNO3. The standard InChI is InChI=1S/C10H14BrNO3/c1-14-8-3-6(11)4-9(15-2)10(8)7(12)5-13/h3-4,7,13H,5,12H2,1-2H3/t7-/m0/s1. The van der Waals surface area contributed by atoms with E-state index in [-0.39, 0.29) is 6.61 Å². The minimum Gasteiger partial charge on any atom is -0.496 e. The quantitative estimate of drug-likeness (QED) is 0.873. The molecule has 4 nitrogen and oxygen atoms in total. The lowest BCUT2D eigenvalue weighted by molar-refractivity contribution is 0.260. The zero-order valence-electron chi connectivity index (χ0n) is 8.66. The first-order valence-electron chi connectivity index (χ1n) is 4.41. The van der Waals surface area contributed by atoms with Gasteiger partial charge in [0.25, 0.3) is 0 Å². The molecule has 0 saturated heterocycles. The van der Waals surface area contributed by atoms with Crippen LogP contribution in [0.3, 0.4) is 0 Å². The van der Waals surface area contributed by atoms with Crippen LogP contribution in [0.25, 0.3) is 0 Å². The third kappa shape index (κ3) is 2.62. The van der Waals surface area contributed by atoms with Gasteiger partial charge in [0, 0.05) is 4.47 Å². The maximum absolute atomic E-state index is 9.05. The second kappa shape index (κ2) is 5.34. The molecular weight excluding hydrogens is 262 g/mol. The molecule has 0 amide bonds. The number of benzene rings is 1. The minimum absolute atomic E-state index is 0.158. The first-order valence-corrected chi connectivity index (χ1v) is 5.21. The molecule has 0 bridgehead atoms. The van der Waals surface area contributed by atoms with Gasteiger partial charge in [-0.15, -0.1) is 0 Å². The Kier molecular flexibility index (Phi) is 4.38. The summed E-state index contributed by atoms with van der Waals surface area (Å²) in [6.45, 7) is -0.158. The minimum atomic E-state index is -0.511. The predicted octanol–water partition coefficient (Wildman–Crippen LogP) is 1.46. The SMILES string of the molecule is COc1cc(Br)cc(OC)c1[C@@H](N)CO. The van der Waals surface area contributed by atoms with Crippen molar-refractivity contribution in [1.82, 2.24) is 0 Å². The monoisotopic (exact) mass is 275 g/mol. The van der Waals surface area contributed by atoms with Crippen LogP contribution in [0.2, 0.25) is 0 Å². The molecule has 0 aromatic heterocycles. The zero-order valence-corrected chi connectivity index (χ0v) is 10.2. The molecule has 0 saturated carbocycles. The number of hydrogen-bond donors (Lipinski definition) is 2. The van der Waals surface area contributed by atoms with Crippen molar-refractivity contribution >= 4 is 15.9 Å². The Morgan fingerprint density at radius 3 is 2.13 bits per heavy atom. The van der Waals surface area contributed by atoms with E-state index in [1.807, 2.05) is 0 Å². The van der Waals surface area contributed by atoms with E-state index >= 15 is 0 Å². The molecule has 5 heteroatoms.